The van der Waals surface area contributed by atoms with Crippen LogP contribution in [-0.4, -0.2) is 24.4 Å². The number of nitrogens with zero attached hydrogens (tertiary/aromatic N) is 1. The van der Waals surface area contributed by atoms with Gasteiger partial charge in [-0.1, -0.05) is 13.3 Å². The smallest absolute Gasteiger partial charge is 0.253 e. The van der Waals surface area contributed by atoms with Crippen molar-refractivity contribution < 1.29 is 9.18 Å². The van der Waals surface area contributed by atoms with Crippen molar-refractivity contribution in [3.05, 3.63) is 35.1 Å². The molecule has 0 saturated heterocycles. The predicted molar refractivity (Wildman–Crippen MR) is 63.0 cm³/mol. The van der Waals surface area contributed by atoms with Crippen LogP contribution in [0.1, 0.15) is 35.7 Å². The maximum absolute atomic E-state index is 13.0. The van der Waals surface area contributed by atoms with Crippen LogP contribution in [0.15, 0.2) is 18.2 Å². The summed E-state index contributed by atoms with van der Waals surface area (Å²) in [7, 11) is 1.77. The Morgan fingerprint density at radius 2 is 2.12 bits per heavy atom. The molecule has 1 aromatic carbocycles. The molecule has 1 aromatic rings. The van der Waals surface area contributed by atoms with Crippen molar-refractivity contribution in [3.63, 3.8) is 0 Å². The standard InChI is InChI=1S/C13H18FNO/c1-4-5-8-15(3)13(16)11-6-7-12(14)10(2)9-11/h6-7,9H,4-5,8H2,1-3H3. The van der Waals surface area contributed by atoms with Crippen molar-refractivity contribution in [1.82, 2.24) is 4.90 Å². The zero-order valence-electron chi connectivity index (χ0n) is 10.1. The predicted octanol–water partition coefficient (Wildman–Crippen LogP) is 3.01. The normalized spacial score (nSPS) is 10.2. The number of amides is 1. The van der Waals surface area contributed by atoms with Gasteiger partial charge in [0.2, 0.25) is 0 Å². The van der Waals surface area contributed by atoms with Gasteiger partial charge in [0.05, 0.1) is 0 Å². The number of carbonyl (C=O) groups excluding carboxylic acids is 1. The summed E-state index contributed by atoms with van der Waals surface area (Å²) in [5.41, 5.74) is 1.06. The molecule has 0 fully saturated rings. The molecule has 0 atom stereocenters. The van der Waals surface area contributed by atoms with Crippen molar-refractivity contribution in [2.75, 3.05) is 13.6 Å². The van der Waals surface area contributed by atoms with Gasteiger partial charge >= 0.3 is 0 Å². The minimum atomic E-state index is -0.271. The molecule has 0 aliphatic carbocycles. The highest BCUT2D eigenvalue weighted by Gasteiger charge is 2.11. The van der Waals surface area contributed by atoms with Gasteiger partial charge in [0.1, 0.15) is 5.82 Å². The fraction of sp³-hybridized carbons (Fsp3) is 0.462. The van der Waals surface area contributed by atoms with E-state index in [1.165, 1.54) is 12.1 Å². The van der Waals surface area contributed by atoms with Crippen LogP contribution < -0.4 is 0 Å². The van der Waals surface area contributed by atoms with E-state index in [2.05, 4.69) is 6.92 Å². The van der Waals surface area contributed by atoms with Crippen molar-refractivity contribution in [2.45, 2.75) is 26.7 Å². The summed E-state index contributed by atoms with van der Waals surface area (Å²) in [6.07, 6.45) is 2.04. The van der Waals surface area contributed by atoms with E-state index in [4.69, 9.17) is 0 Å². The summed E-state index contributed by atoms with van der Waals surface area (Å²) in [5, 5.41) is 0. The average molecular weight is 223 g/mol. The van der Waals surface area contributed by atoms with E-state index in [-0.39, 0.29) is 11.7 Å². The van der Waals surface area contributed by atoms with Gasteiger partial charge < -0.3 is 4.90 Å². The molecule has 0 bridgehead atoms. The molecule has 2 nitrogen and oxygen atoms in total. The molecule has 0 aliphatic heterocycles. The van der Waals surface area contributed by atoms with Crippen LogP contribution in [0.25, 0.3) is 0 Å². The number of benzene rings is 1. The minimum absolute atomic E-state index is 0.0449. The number of aryl methyl sites for hydroxylation is 1. The molecule has 0 N–H and O–H groups in total. The van der Waals surface area contributed by atoms with Gasteiger partial charge in [0.25, 0.3) is 5.91 Å². The zero-order valence-corrected chi connectivity index (χ0v) is 10.1. The van der Waals surface area contributed by atoms with Crippen molar-refractivity contribution in [3.8, 4) is 0 Å². The Morgan fingerprint density at radius 3 is 2.69 bits per heavy atom. The Kier molecular flexibility index (Phi) is 4.47. The van der Waals surface area contributed by atoms with Gasteiger partial charge in [-0.05, 0) is 37.1 Å². The highest BCUT2D eigenvalue weighted by Crippen LogP contribution is 2.11. The molecule has 16 heavy (non-hydrogen) atoms. The van der Waals surface area contributed by atoms with Crippen molar-refractivity contribution in [1.29, 1.82) is 0 Å². The fourth-order valence-electron chi connectivity index (χ4n) is 1.49. The van der Waals surface area contributed by atoms with Gasteiger partial charge in [-0.15, -0.1) is 0 Å². The summed E-state index contributed by atoms with van der Waals surface area (Å²) in [4.78, 5) is 13.6. The van der Waals surface area contributed by atoms with Crippen molar-refractivity contribution >= 4 is 5.91 Å². The quantitative estimate of drug-likeness (QED) is 0.768. The van der Waals surface area contributed by atoms with E-state index >= 15 is 0 Å². The number of halogens is 1. The highest BCUT2D eigenvalue weighted by atomic mass is 19.1. The van der Waals surface area contributed by atoms with E-state index in [1.807, 2.05) is 0 Å². The molecule has 0 heterocycles. The molecule has 1 rings (SSSR count). The second-order valence-corrected chi connectivity index (χ2v) is 4.04. The maximum Gasteiger partial charge on any atom is 0.253 e. The van der Waals surface area contributed by atoms with Crippen LogP contribution in [0.2, 0.25) is 0 Å². The molecule has 3 heteroatoms. The molecule has 0 radical (unpaired) electrons. The zero-order chi connectivity index (χ0) is 12.1. The monoisotopic (exact) mass is 223 g/mol. The van der Waals surface area contributed by atoms with E-state index in [1.54, 1.807) is 24.9 Å². The number of unbranched alkanes of at least 4 members (excludes halogenated alkanes) is 1. The lowest BCUT2D eigenvalue weighted by atomic mass is 10.1. The number of hydrogen-bond acceptors (Lipinski definition) is 1. The first-order chi connectivity index (χ1) is 7.56. The molecule has 88 valence electrons. The third kappa shape index (κ3) is 3.05. The first-order valence-corrected chi connectivity index (χ1v) is 5.58. The van der Waals surface area contributed by atoms with E-state index < -0.39 is 0 Å². The Bertz CT molecular complexity index is 376. The van der Waals surface area contributed by atoms with E-state index in [0.29, 0.717) is 11.1 Å². The average Bonchev–Trinajstić information content (AvgIpc) is 2.28. The summed E-state index contributed by atoms with van der Waals surface area (Å²) < 4.78 is 13.0. The Balaban J connectivity index is 2.76. The largest absolute Gasteiger partial charge is 0.342 e. The summed E-state index contributed by atoms with van der Waals surface area (Å²) in [6, 6.07) is 4.48. The Hall–Kier alpha value is -1.38. The van der Waals surface area contributed by atoms with Crippen LogP contribution in [0.5, 0.6) is 0 Å². The summed E-state index contributed by atoms with van der Waals surface area (Å²) in [5.74, 6) is -0.315. The summed E-state index contributed by atoms with van der Waals surface area (Å²) >= 11 is 0. The summed E-state index contributed by atoms with van der Waals surface area (Å²) in [6.45, 7) is 4.49. The number of hydrogen-bond donors (Lipinski definition) is 0. The Morgan fingerprint density at radius 1 is 1.44 bits per heavy atom. The Labute approximate surface area is 96.1 Å². The van der Waals surface area contributed by atoms with Gasteiger partial charge in [0, 0.05) is 19.2 Å². The second kappa shape index (κ2) is 5.64. The molecule has 0 aromatic heterocycles. The molecule has 0 unspecified atom stereocenters. The fourth-order valence-corrected chi connectivity index (χ4v) is 1.49. The van der Waals surface area contributed by atoms with Crippen LogP contribution in [0.4, 0.5) is 4.39 Å². The third-order valence-corrected chi connectivity index (χ3v) is 2.60. The van der Waals surface area contributed by atoms with Crippen LogP contribution in [-0.2, 0) is 0 Å². The topological polar surface area (TPSA) is 20.3 Å². The first kappa shape index (κ1) is 12.7. The van der Waals surface area contributed by atoms with Gasteiger partial charge in [-0.2, -0.15) is 0 Å². The molecule has 0 saturated carbocycles. The number of rotatable bonds is 4. The molecular formula is C13H18FNO. The van der Waals surface area contributed by atoms with Gasteiger partial charge in [-0.3, -0.25) is 4.79 Å². The van der Waals surface area contributed by atoms with E-state index in [0.717, 1.165) is 19.4 Å². The molecular weight excluding hydrogens is 205 g/mol. The first-order valence-electron chi connectivity index (χ1n) is 5.58. The maximum atomic E-state index is 13.0. The minimum Gasteiger partial charge on any atom is -0.342 e. The van der Waals surface area contributed by atoms with Crippen LogP contribution in [0.3, 0.4) is 0 Å². The highest BCUT2D eigenvalue weighted by molar-refractivity contribution is 5.94. The lowest BCUT2D eigenvalue weighted by Crippen LogP contribution is -2.27. The lowest BCUT2D eigenvalue weighted by Gasteiger charge is -2.17. The van der Waals surface area contributed by atoms with Crippen molar-refractivity contribution in [2.24, 2.45) is 0 Å². The van der Waals surface area contributed by atoms with Gasteiger partial charge in [0.15, 0.2) is 0 Å². The molecule has 0 spiro atoms. The van der Waals surface area contributed by atoms with Crippen LogP contribution >= 0.6 is 0 Å². The SMILES string of the molecule is CCCCN(C)C(=O)c1ccc(F)c(C)c1. The molecule has 0 aliphatic rings. The molecule has 1 amide bonds. The lowest BCUT2D eigenvalue weighted by molar-refractivity contribution is 0.0793. The number of carbonyl (C=O) groups is 1. The van der Waals surface area contributed by atoms with Crippen LogP contribution in [0, 0.1) is 12.7 Å². The van der Waals surface area contributed by atoms with E-state index in [9.17, 15) is 9.18 Å². The third-order valence-electron chi connectivity index (χ3n) is 2.60. The second-order valence-electron chi connectivity index (χ2n) is 4.04. The van der Waals surface area contributed by atoms with Gasteiger partial charge in [-0.25, -0.2) is 4.39 Å².